The van der Waals surface area contributed by atoms with E-state index in [4.69, 9.17) is 11.6 Å². The second-order valence-electron chi connectivity index (χ2n) is 3.09. The quantitative estimate of drug-likeness (QED) is 0.825. The van der Waals surface area contributed by atoms with Crippen LogP contribution in [-0.2, 0) is 0 Å². The molecule has 15 heavy (non-hydrogen) atoms. The highest BCUT2D eigenvalue weighted by atomic mass is 35.5. The van der Waals surface area contributed by atoms with Gasteiger partial charge in [0, 0.05) is 12.1 Å². The Hall–Kier alpha value is -1.04. The number of hydrogen-bond acceptors (Lipinski definition) is 3. The molecule has 0 saturated heterocycles. The molecule has 0 aliphatic rings. The minimum absolute atomic E-state index is 0.187. The average Bonchev–Trinajstić information content (AvgIpc) is 1.99. The standard InChI is InChI=1S/C8H9ClF3N3/c1-5(3-8(10,11)12)15-7-2-6(9)13-4-14-7/h2,4-5H,3H2,1H3,(H,13,14,15). The fraction of sp³-hybridized carbons (Fsp3) is 0.500. The number of nitrogens with one attached hydrogen (secondary N) is 1. The van der Waals surface area contributed by atoms with Gasteiger partial charge >= 0.3 is 6.18 Å². The molecule has 1 unspecified atom stereocenters. The summed E-state index contributed by atoms with van der Waals surface area (Å²) in [5.74, 6) is 0.284. The van der Waals surface area contributed by atoms with Gasteiger partial charge in [-0.1, -0.05) is 11.6 Å². The van der Waals surface area contributed by atoms with Crippen LogP contribution in [0.25, 0.3) is 0 Å². The first-order valence-electron chi connectivity index (χ1n) is 4.17. The summed E-state index contributed by atoms with van der Waals surface area (Å²) in [5.41, 5.74) is 0. The number of nitrogens with zero attached hydrogens (tertiary/aromatic N) is 2. The van der Waals surface area contributed by atoms with Crippen molar-refractivity contribution in [1.82, 2.24) is 9.97 Å². The normalized spacial score (nSPS) is 13.7. The predicted octanol–water partition coefficient (Wildman–Crippen LogP) is 2.88. The van der Waals surface area contributed by atoms with Crippen molar-refractivity contribution in [2.45, 2.75) is 25.6 Å². The zero-order valence-electron chi connectivity index (χ0n) is 7.85. The molecule has 0 aliphatic heterocycles. The molecule has 1 heterocycles. The average molecular weight is 240 g/mol. The lowest BCUT2D eigenvalue weighted by Gasteiger charge is -2.15. The van der Waals surface area contributed by atoms with Crippen molar-refractivity contribution in [3.63, 3.8) is 0 Å². The van der Waals surface area contributed by atoms with E-state index in [1.807, 2.05) is 0 Å². The van der Waals surface area contributed by atoms with Crippen LogP contribution in [0.3, 0.4) is 0 Å². The smallest absolute Gasteiger partial charge is 0.367 e. The minimum Gasteiger partial charge on any atom is -0.367 e. The Labute approximate surface area is 89.7 Å². The molecule has 0 spiro atoms. The van der Waals surface area contributed by atoms with Crippen LogP contribution in [0.1, 0.15) is 13.3 Å². The van der Waals surface area contributed by atoms with Crippen molar-refractivity contribution < 1.29 is 13.2 Å². The first kappa shape index (κ1) is 12.0. The van der Waals surface area contributed by atoms with E-state index < -0.39 is 18.6 Å². The summed E-state index contributed by atoms with van der Waals surface area (Å²) in [7, 11) is 0. The Kier molecular flexibility index (Phi) is 3.73. The molecule has 0 amide bonds. The van der Waals surface area contributed by atoms with E-state index in [0.29, 0.717) is 0 Å². The van der Waals surface area contributed by atoms with Gasteiger partial charge in [-0.15, -0.1) is 0 Å². The third-order valence-corrected chi connectivity index (χ3v) is 1.77. The van der Waals surface area contributed by atoms with Gasteiger partial charge in [0.2, 0.25) is 0 Å². The van der Waals surface area contributed by atoms with Gasteiger partial charge in [0.25, 0.3) is 0 Å². The highest BCUT2D eigenvalue weighted by Gasteiger charge is 2.29. The van der Waals surface area contributed by atoms with Crippen molar-refractivity contribution in [2.75, 3.05) is 5.32 Å². The van der Waals surface area contributed by atoms with Gasteiger partial charge in [-0.2, -0.15) is 13.2 Å². The lowest BCUT2D eigenvalue weighted by Crippen LogP contribution is -2.24. The van der Waals surface area contributed by atoms with E-state index in [0.717, 1.165) is 0 Å². The maximum absolute atomic E-state index is 12.0. The number of aromatic nitrogens is 2. The number of halogens is 4. The highest BCUT2D eigenvalue weighted by molar-refractivity contribution is 6.29. The SMILES string of the molecule is CC(CC(F)(F)F)Nc1cc(Cl)ncn1. The van der Waals surface area contributed by atoms with E-state index in [1.165, 1.54) is 19.3 Å². The topological polar surface area (TPSA) is 37.8 Å². The first-order chi connectivity index (χ1) is 6.87. The molecule has 7 heteroatoms. The van der Waals surface area contributed by atoms with Crippen LogP contribution in [0.2, 0.25) is 5.15 Å². The van der Waals surface area contributed by atoms with Crippen molar-refractivity contribution in [3.8, 4) is 0 Å². The summed E-state index contributed by atoms with van der Waals surface area (Å²) < 4.78 is 36.0. The molecule has 1 N–H and O–H groups in total. The van der Waals surface area contributed by atoms with Crippen LogP contribution in [0.5, 0.6) is 0 Å². The molecule has 3 nitrogen and oxygen atoms in total. The summed E-state index contributed by atoms with van der Waals surface area (Å²) in [6.45, 7) is 1.42. The molecular formula is C8H9ClF3N3. The van der Waals surface area contributed by atoms with Crippen LogP contribution in [0, 0.1) is 0 Å². The molecule has 84 valence electrons. The van der Waals surface area contributed by atoms with E-state index in [1.54, 1.807) is 0 Å². The number of hydrogen-bond donors (Lipinski definition) is 1. The Morgan fingerprint density at radius 2 is 2.13 bits per heavy atom. The summed E-state index contributed by atoms with van der Waals surface area (Å²) in [5, 5.41) is 2.77. The largest absolute Gasteiger partial charge is 0.391 e. The molecule has 0 aliphatic carbocycles. The van der Waals surface area contributed by atoms with Crippen LogP contribution in [0.15, 0.2) is 12.4 Å². The molecule has 0 aromatic carbocycles. The maximum atomic E-state index is 12.0. The lowest BCUT2D eigenvalue weighted by atomic mass is 10.2. The predicted molar refractivity (Wildman–Crippen MR) is 50.8 cm³/mol. The Balaban J connectivity index is 2.55. The van der Waals surface area contributed by atoms with E-state index >= 15 is 0 Å². The summed E-state index contributed by atoms with van der Waals surface area (Å²) >= 11 is 5.55. The fourth-order valence-corrected chi connectivity index (χ4v) is 1.21. The zero-order chi connectivity index (χ0) is 11.5. The number of alkyl halides is 3. The van der Waals surface area contributed by atoms with Crippen molar-refractivity contribution >= 4 is 17.4 Å². The van der Waals surface area contributed by atoms with Crippen LogP contribution in [0.4, 0.5) is 19.0 Å². The van der Waals surface area contributed by atoms with Crippen molar-refractivity contribution in [1.29, 1.82) is 0 Å². The summed E-state index contributed by atoms with van der Waals surface area (Å²) in [4.78, 5) is 7.35. The zero-order valence-corrected chi connectivity index (χ0v) is 8.60. The van der Waals surface area contributed by atoms with Gasteiger partial charge in [0.1, 0.15) is 17.3 Å². The molecule has 1 aromatic rings. The van der Waals surface area contributed by atoms with Gasteiger partial charge in [0.05, 0.1) is 6.42 Å². The maximum Gasteiger partial charge on any atom is 0.391 e. The molecule has 0 bridgehead atoms. The van der Waals surface area contributed by atoms with Gasteiger partial charge in [-0.25, -0.2) is 9.97 Å². The van der Waals surface area contributed by atoms with Crippen molar-refractivity contribution in [2.24, 2.45) is 0 Å². The monoisotopic (exact) mass is 239 g/mol. The summed E-state index contributed by atoms with van der Waals surface area (Å²) in [6.07, 6.45) is -3.93. The highest BCUT2D eigenvalue weighted by Crippen LogP contribution is 2.23. The van der Waals surface area contributed by atoms with Gasteiger partial charge in [0.15, 0.2) is 0 Å². The molecular weight excluding hydrogens is 231 g/mol. The lowest BCUT2D eigenvalue weighted by molar-refractivity contribution is -0.136. The Bertz CT molecular complexity index is 329. The summed E-state index contributed by atoms with van der Waals surface area (Å²) in [6, 6.07) is 0.616. The minimum atomic E-state index is -4.19. The van der Waals surface area contributed by atoms with Crippen LogP contribution < -0.4 is 5.32 Å². The van der Waals surface area contributed by atoms with E-state index in [2.05, 4.69) is 15.3 Å². The first-order valence-corrected chi connectivity index (χ1v) is 4.55. The number of rotatable bonds is 3. The van der Waals surface area contributed by atoms with E-state index in [9.17, 15) is 13.2 Å². The Morgan fingerprint density at radius 1 is 1.47 bits per heavy atom. The molecule has 0 saturated carbocycles. The van der Waals surface area contributed by atoms with Gasteiger partial charge in [-0.3, -0.25) is 0 Å². The molecule has 1 aromatic heterocycles. The number of anilines is 1. The van der Waals surface area contributed by atoms with Crippen molar-refractivity contribution in [3.05, 3.63) is 17.5 Å². The van der Waals surface area contributed by atoms with E-state index in [-0.39, 0.29) is 11.0 Å². The molecule has 0 fully saturated rings. The molecule has 1 atom stereocenters. The van der Waals surface area contributed by atoms with Crippen LogP contribution in [-0.4, -0.2) is 22.2 Å². The molecule has 1 rings (SSSR count). The second kappa shape index (κ2) is 4.65. The molecule has 0 radical (unpaired) electrons. The van der Waals surface area contributed by atoms with Crippen LogP contribution >= 0.6 is 11.6 Å². The second-order valence-corrected chi connectivity index (χ2v) is 3.48. The fourth-order valence-electron chi connectivity index (χ4n) is 1.06. The van der Waals surface area contributed by atoms with Gasteiger partial charge < -0.3 is 5.32 Å². The van der Waals surface area contributed by atoms with Gasteiger partial charge in [-0.05, 0) is 6.92 Å². The third kappa shape index (κ3) is 4.83. The Morgan fingerprint density at radius 3 is 2.67 bits per heavy atom. The third-order valence-electron chi connectivity index (χ3n) is 1.57.